The fraction of sp³-hybridized carbons (Fsp3) is 0.500. The average Bonchev–Trinajstić information content (AvgIpc) is 2.55. The number of halogens is 2. The number of likely N-dealkylation sites (tertiary alicyclic amines) is 1. The van der Waals surface area contributed by atoms with Crippen LogP contribution < -0.4 is 0 Å². The van der Waals surface area contributed by atoms with Crippen LogP contribution in [0.2, 0.25) is 0 Å². The lowest BCUT2D eigenvalue weighted by molar-refractivity contribution is -0.144. The fourth-order valence-corrected chi connectivity index (χ4v) is 3.13. The highest BCUT2D eigenvalue weighted by Crippen LogP contribution is 2.32. The number of nitrogens with zero attached hydrogens (tertiary/aromatic N) is 1. The highest BCUT2D eigenvalue weighted by atomic mass is 35.5. The number of benzene rings is 1. The third-order valence-corrected chi connectivity index (χ3v) is 4.15. The molecular formula is C16H19Cl2NO4. The molecular weight excluding hydrogens is 341 g/mol. The van der Waals surface area contributed by atoms with Gasteiger partial charge >= 0.3 is 12.1 Å². The van der Waals surface area contributed by atoms with E-state index in [1.54, 1.807) is 0 Å². The number of amides is 1. The molecule has 5 nitrogen and oxygen atoms in total. The second-order valence-corrected chi connectivity index (χ2v) is 6.33. The number of hydrogen-bond acceptors (Lipinski definition) is 4. The van der Waals surface area contributed by atoms with Crippen LogP contribution in [0.15, 0.2) is 30.3 Å². The molecule has 0 spiro atoms. The number of methoxy groups -OCH3 is 1. The van der Waals surface area contributed by atoms with E-state index in [1.165, 1.54) is 12.0 Å². The van der Waals surface area contributed by atoms with E-state index in [9.17, 15) is 9.59 Å². The molecule has 126 valence electrons. The van der Waals surface area contributed by atoms with Crippen LogP contribution in [0.25, 0.3) is 0 Å². The lowest BCUT2D eigenvalue weighted by Crippen LogP contribution is -2.49. The molecule has 0 aliphatic carbocycles. The van der Waals surface area contributed by atoms with Crippen LogP contribution in [-0.2, 0) is 14.3 Å². The third-order valence-electron chi connectivity index (χ3n) is 3.97. The molecule has 1 aliphatic rings. The fourth-order valence-electron chi connectivity index (χ4n) is 2.98. The topological polar surface area (TPSA) is 55.8 Å². The second kappa shape index (κ2) is 8.41. The predicted octanol–water partition coefficient (Wildman–Crippen LogP) is 3.70. The highest BCUT2D eigenvalue weighted by molar-refractivity contribution is 6.43. The highest BCUT2D eigenvalue weighted by Gasteiger charge is 2.39. The van der Waals surface area contributed by atoms with Gasteiger partial charge in [-0.3, -0.25) is 4.79 Å². The number of ether oxygens (including phenoxy) is 2. The van der Waals surface area contributed by atoms with Gasteiger partial charge in [0.05, 0.1) is 13.2 Å². The molecule has 2 rings (SSSR count). The lowest BCUT2D eigenvalue weighted by Gasteiger charge is -2.38. The quantitative estimate of drug-likeness (QED) is 0.607. The molecule has 1 amide bonds. The summed E-state index contributed by atoms with van der Waals surface area (Å²) in [6.07, 6.45) is 1.82. The number of alkyl halides is 2. The molecule has 0 saturated carbocycles. The molecule has 0 bridgehead atoms. The van der Waals surface area contributed by atoms with Crippen LogP contribution in [0.4, 0.5) is 4.79 Å². The van der Waals surface area contributed by atoms with Crippen LogP contribution in [0.3, 0.4) is 0 Å². The largest absolute Gasteiger partial charge is 0.468 e. The standard InChI is InChI=1S/C16H19Cl2NO4/c1-22-14(20)13(11-7-3-2-4-8-11)12-9-5-6-10-19(12)16(21)23-15(17)18/h2-4,7-8,12-13,15H,5-6,9-10H2,1H3/t12-,13-/m1/s1. The zero-order valence-electron chi connectivity index (χ0n) is 12.8. The minimum Gasteiger partial charge on any atom is -0.468 e. The third kappa shape index (κ3) is 4.52. The Morgan fingerprint density at radius 1 is 1.22 bits per heavy atom. The molecule has 1 aliphatic heterocycles. The van der Waals surface area contributed by atoms with Crippen molar-refractivity contribution in [3.05, 3.63) is 35.9 Å². The smallest absolute Gasteiger partial charge is 0.412 e. The van der Waals surface area contributed by atoms with Gasteiger partial charge in [-0.1, -0.05) is 53.5 Å². The van der Waals surface area contributed by atoms with E-state index >= 15 is 0 Å². The van der Waals surface area contributed by atoms with Gasteiger partial charge in [-0.25, -0.2) is 4.79 Å². The molecule has 1 aromatic rings. The summed E-state index contributed by atoms with van der Waals surface area (Å²) in [5.74, 6) is -0.952. The molecule has 1 fully saturated rings. The molecule has 1 heterocycles. The van der Waals surface area contributed by atoms with Crippen molar-refractivity contribution < 1.29 is 19.1 Å². The van der Waals surface area contributed by atoms with Gasteiger partial charge in [0, 0.05) is 6.54 Å². The molecule has 2 atom stereocenters. The first-order valence-electron chi connectivity index (χ1n) is 7.42. The first-order valence-corrected chi connectivity index (χ1v) is 8.30. The first kappa shape index (κ1) is 17.9. The number of hydrogen-bond donors (Lipinski definition) is 0. The Hall–Kier alpha value is -1.46. The summed E-state index contributed by atoms with van der Waals surface area (Å²) in [7, 11) is 1.34. The van der Waals surface area contributed by atoms with E-state index < -0.39 is 17.0 Å². The van der Waals surface area contributed by atoms with Crippen molar-refractivity contribution in [3.8, 4) is 0 Å². The van der Waals surface area contributed by atoms with Crippen LogP contribution in [-0.4, -0.2) is 41.7 Å². The summed E-state index contributed by atoms with van der Waals surface area (Å²) in [5.41, 5.74) is 0.803. The molecule has 1 aromatic carbocycles. The van der Waals surface area contributed by atoms with Gasteiger partial charge in [0.25, 0.3) is 5.02 Å². The normalized spacial score (nSPS) is 19.3. The summed E-state index contributed by atoms with van der Waals surface area (Å²) in [4.78, 5) is 26.1. The summed E-state index contributed by atoms with van der Waals surface area (Å²) >= 11 is 11.1. The monoisotopic (exact) mass is 359 g/mol. The van der Waals surface area contributed by atoms with Gasteiger partial charge in [-0.05, 0) is 24.8 Å². The van der Waals surface area contributed by atoms with Crippen molar-refractivity contribution in [2.75, 3.05) is 13.7 Å². The molecule has 0 aromatic heterocycles. The summed E-state index contributed by atoms with van der Waals surface area (Å²) in [5, 5.41) is -1.24. The minimum atomic E-state index is -1.24. The zero-order valence-corrected chi connectivity index (χ0v) is 14.3. The molecule has 0 unspecified atom stereocenters. The van der Waals surface area contributed by atoms with Crippen molar-refractivity contribution in [2.24, 2.45) is 0 Å². The lowest BCUT2D eigenvalue weighted by atomic mass is 9.85. The summed E-state index contributed by atoms with van der Waals surface area (Å²) in [6.45, 7) is 0.490. The van der Waals surface area contributed by atoms with E-state index in [0.717, 1.165) is 18.4 Å². The number of esters is 1. The van der Waals surface area contributed by atoms with Crippen molar-refractivity contribution >= 4 is 35.3 Å². The van der Waals surface area contributed by atoms with Crippen LogP contribution >= 0.6 is 23.2 Å². The van der Waals surface area contributed by atoms with E-state index in [-0.39, 0.29) is 12.0 Å². The molecule has 0 N–H and O–H groups in total. The number of carbonyl (C=O) groups is 2. The molecule has 1 saturated heterocycles. The number of rotatable bonds is 4. The van der Waals surface area contributed by atoms with Crippen LogP contribution in [0.1, 0.15) is 30.7 Å². The Bertz CT molecular complexity index is 538. The number of piperidine rings is 1. The van der Waals surface area contributed by atoms with E-state index in [4.69, 9.17) is 32.7 Å². The Balaban J connectivity index is 2.30. The Kier molecular flexibility index (Phi) is 6.54. The first-order chi connectivity index (χ1) is 11.0. The predicted molar refractivity (Wildman–Crippen MR) is 87.5 cm³/mol. The maximum absolute atomic E-state index is 12.3. The van der Waals surface area contributed by atoms with Gasteiger partial charge in [0.15, 0.2) is 0 Å². The summed E-state index contributed by atoms with van der Waals surface area (Å²) < 4.78 is 9.84. The Morgan fingerprint density at radius 3 is 2.52 bits per heavy atom. The van der Waals surface area contributed by atoms with E-state index in [1.807, 2.05) is 30.3 Å². The van der Waals surface area contributed by atoms with Crippen LogP contribution in [0.5, 0.6) is 0 Å². The SMILES string of the molecule is COC(=O)[C@H](c1ccccc1)[C@H]1CCCCN1C(=O)OC(Cl)Cl. The maximum atomic E-state index is 12.3. The number of carbonyl (C=O) groups excluding carboxylic acids is 2. The molecule has 23 heavy (non-hydrogen) atoms. The van der Waals surface area contributed by atoms with Crippen molar-refractivity contribution in [1.82, 2.24) is 4.90 Å². The maximum Gasteiger partial charge on any atom is 0.412 e. The molecule has 0 radical (unpaired) electrons. The van der Waals surface area contributed by atoms with Gasteiger partial charge in [0.1, 0.15) is 5.92 Å². The average molecular weight is 360 g/mol. The van der Waals surface area contributed by atoms with Crippen molar-refractivity contribution in [2.45, 2.75) is 36.2 Å². The van der Waals surface area contributed by atoms with Gasteiger partial charge in [-0.15, -0.1) is 0 Å². The van der Waals surface area contributed by atoms with Gasteiger partial charge < -0.3 is 14.4 Å². The second-order valence-electron chi connectivity index (χ2n) is 5.31. The van der Waals surface area contributed by atoms with Crippen LogP contribution in [0, 0.1) is 0 Å². The van der Waals surface area contributed by atoms with Gasteiger partial charge in [0.2, 0.25) is 0 Å². The summed E-state index contributed by atoms with van der Waals surface area (Å²) in [6, 6.07) is 8.93. The van der Waals surface area contributed by atoms with E-state index in [2.05, 4.69) is 0 Å². The molecule has 7 heteroatoms. The van der Waals surface area contributed by atoms with E-state index in [0.29, 0.717) is 13.0 Å². The van der Waals surface area contributed by atoms with Gasteiger partial charge in [-0.2, -0.15) is 0 Å². The minimum absolute atomic E-state index is 0.349. The Morgan fingerprint density at radius 2 is 1.91 bits per heavy atom. The van der Waals surface area contributed by atoms with Crippen molar-refractivity contribution in [1.29, 1.82) is 0 Å². The van der Waals surface area contributed by atoms with Crippen molar-refractivity contribution in [3.63, 3.8) is 0 Å². The zero-order chi connectivity index (χ0) is 16.8. The Labute approximate surface area is 145 Å².